The second-order valence-electron chi connectivity index (χ2n) is 7.12. The first-order valence-electron chi connectivity index (χ1n) is 8.97. The third-order valence-corrected chi connectivity index (χ3v) is 5.23. The number of benzene rings is 1. The topological polar surface area (TPSA) is 68.6 Å². The van der Waals surface area contributed by atoms with Crippen molar-refractivity contribution in [3.63, 3.8) is 0 Å². The molecule has 6 nitrogen and oxygen atoms in total. The third kappa shape index (κ3) is 3.79. The van der Waals surface area contributed by atoms with E-state index in [4.69, 9.17) is 4.74 Å². The number of aromatic nitrogens is 1. The first-order valence-corrected chi connectivity index (χ1v) is 8.97. The van der Waals surface area contributed by atoms with Gasteiger partial charge in [-0.25, -0.2) is 0 Å². The second kappa shape index (κ2) is 7.39. The van der Waals surface area contributed by atoms with Crippen LogP contribution in [0.25, 0.3) is 0 Å². The van der Waals surface area contributed by atoms with Gasteiger partial charge in [-0.2, -0.15) is 0 Å². The number of carbonyl (C=O) groups is 3. The Labute approximate surface area is 158 Å². The lowest BCUT2D eigenvalue weighted by molar-refractivity contribution is -0.147. The van der Waals surface area contributed by atoms with Gasteiger partial charge in [0.05, 0.1) is 5.92 Å². The zero-order chi connectivity index (χ0) is 19.7. The Bertz CT molecular complexity index is 896. The van der Waals surface area contributed by atoms with E-state index in [1.807, 2.05) is 56.7 Å². The van der Waals surface area contributed by atoms with Gasteiger partial charge in [-0.3, -0.25) is 14.4 Å². The van der Waals surface area contributed by atoms with Crippen LogP contribution in [0.5, 0.6) is 0 Å². The summed E-state index contributed by atoms with van der Waals surface area (Å²) in [5, 5.41) is 0. The molecule has 142 valence electrons. The van der Waals surface area contributed by atoms with Gasteiger partial charge >= 0.3 is 5.97 Å². The highest BCUT2D eigenvalue weighted by Gasteiger charge is 2.36. The highest BCUT2D eigenvalue weighted by atomic mass is 16.5. The van der Waals surface area contributed by atoms with Gasteiger partial charge in [0.15, 0.2) is 6.61 Å². The number of aryl methyl sites for hydroxylation is 2. The van der Waals surface area contributed by atoms with Gasteiger partial charge in [-0.15, -0.1) is 0 Å². The SMILES string of the molecule is Cc1ccc(N2C[C@H](C(=O)OCC(=O)c3cc(C)n(C)c3C)CC2=O)cc1. The van der Waals surface area contributed by atoms with Crippen LogP contribution in [0.4, 0.5) is 5.69 Å². The smallest absolute Gasteiger partial charge is 0.311 e. The highest BCUT2D eigenvalue weighted by molar-refractivity contribution is 6.01. The van der Waals surface area contributed by atoms with Gasteiger partial charge in [-0.1, -0.05) is 17.7 Å². The lowest BCUT2D eigenvalue weighted by Gasteiger charge is -2.16. The van der Waals surface area contributed by atoms with Gasteiger partial charge in [0.2, 0.25) is 11.7 Å². The van der Waals surface area contributed by atoms with Crippen LogP contribution >= 0.6 is 0 Å². The number of rotatable bonds is 5. The lowest BCUT2D eigenvalue weighted by atomic mass is 10.1. The minimum Gasteiger partial charge on any atom is -0.457 e. The van der Waals surface area contributed by atoms with Crippen molar-refractivity contribution in [1.29, 1.82) is 0 Å². The van der Waals surface area contributed by atoms with E-state index >= 15 is 0 Å². The summed E-state index contributed by atoms with van der Waals surface area (Å²) in [5.41, 5.74) is 4.25. The highest BCUT2D eigenvalue weighted by Crippen LogP contribution is 2.26. The normalized spacial score (nSPS) is 16.7. The van der Waals surface area contributed by atoms with E-state index in [1.165, 1.54) is 0 Å². The van der Waals surface area contributed by atoms with Crippen molar-refractivity contribution in [3.8, 4) is 0 Å². The standard InChI is InChI=1S/C21H24N2O4/c1-13-5-7-17(8-6-13)23-11-16(10-20(23)25)21(26)27-12-19(24)18-9-14(2)22(4)15(18)3/h5-9,16H,10-12H2,1-4H3/t16-/m1/s1. The molecular weight excluding hydrogens is 344 g/mol. The molecule has 6 heteroatoms. The number of anilines is 1. The zero-order valence-corrected chi connectivity index (χ0v) is 16.1. The molecule has 1 fully saturated rings. The van der Waals surface area contributed by atoms with Crippen LogP contribution in [0.15, 0.2) is 30.3 Å². The molecule has 0 N–H and O–H groups in total. The molecule has 1 atom stereocenters. The molecule has 2 heterocycles. The lowest BCUT2D eigenvalue weighted by Crippen LogP contribution is -2.27. The third-order valence-electron chi connectivity index (χ3n) is 5.23. The summed E-state index contributed by atoms with van der Waals surface area (Å²) >= 11 is 0. The molecule has 1 aliphatic heterocycles. The van der Waals surface area contributed by atoms with Gasteiger partial charge in [0.1, 0.15) is 0 Å². The number of ether oxygens (including phenoxy) is 1. The fourth-order valence-corrected chi connectivity index (χ4v) is 3.31. The van der Waals surface area contributed by atoms with E-state index in [-0.39, 0.29) is 31.3 Å². The van der Waals surface area contributed by atoms with Crippen molar-refractivity contribution in [2.75, 3.05) is 18.1 Å². The van der Waals surface area contributed by atoms with E-state index in [9.17, 15) is 14.4 Å². The van der Waals surface area contributed by atoms with Gasteiger partial charge in [-0.05, 0) is 39.0 Å². The molecule has 2 aromatic rings. The molecule has 1 aliphatic rings. The maximum absolute atomic E-state index is 12.4. The average molecular weight is 368 g/mol. The number of carbonyl (C=O) groups excluding carboxylic acids is 3. The Morgan fingerprint density at radius 1 is 1.15 bits per heavy atom. The molecule has 0 aliphatic carbocycles. The molecule has 0 spiro atoms. The predicted molar refractivity (Wildman–Crippen MR) is 102 cm³/mol. The molecule has 0 bridgehead atoms. The van der Waals surface area contributed by atoms with Crippen molar-refractivity contribution in [2.24, 2.45) is 13.0 Å². The average Bonchev–Trinajstić information content (AvgIpc) is 3.15. The second-order valence-corrected chi connectivity index (χ2v) is 7.12. The van der Waals surface area contributed by atoms with E-state index < -0.39 is 11.9 Å². The number of hydrogen-bond acceptors (Lipinski definition) is 4. The minimum atomic E-state index is -0.551. The Morgan fingerprint density at radius 3 is 2.41 bits per heavy atom. The zero-order valence-electron chi connectivity index (χ0n) is 16.1. The molecule has 1 aromatic carbocycles. The Balaban J connectivity index is 1.60. The molecule has 0 unspecified atom stereocenters. The monoisotopic (exact) mass is 368 g/mol. The van der Waals surface area contributed by atoms with Crippen molar-refractivity contribution >= 4 is 23.3 Å². The number of hydrogen-bond donors (Lipinski definition) is 0. The first-order chi connectivity index (χ1) is 12.8. The Morgan fingerprint density at radius 2 is 1.81 bits per heavy atom. The molecule has 27 heavy (non-hydrogen) atoms. The predicted octanol–water partition coefficient (Wildman–Crippen LogP) is 2.73. The Hall–Kier alpha value is -2.89. The van der Waals surface area contributed by atoms with Crippen LogP contribution < -0.4 is 4.90 Å². The molecule has 3 rings (SSSR count). The summed E-state index contributed by atoms with van der Waals surface area (Å²) in [4.78, 5) is 38.6. The fraction of sp³-hybridized carbons (Fsp3) is 0.381. The molecular formula is C21H24N2O4. The van der Waals surface area contributed by atoms with Crippen molar-refractivity contribution in [3.05, 3.63) is 52.8 Å². The quantitative estimate of drug-likeness (QED) is 0.601. The van der Waals surface area contributed by atoms with Crippen molar-refractivity contribution in [2.45, 2.75) is 27.2 Å². The fourth-order valence-electron chi connectivity index (χ4n) is 3.31. The maximum atomic E-state index is 12.4. The first kappa shape index (κ1) is 18.9. The van der Waals surface area contributed by atoms with Crippen LogP contribution in [-0.2, 0) is 21.4 Å². The molecule has 1 aromatic heterocycles. The summed E-state index contributed by atoms with van der Waals surface area (Å²) in [7, 11) is 1.89. The largest absolute Gasteiger partial charge is 0.457 e. The molecule has 0 saturated carbocycles. The van der Waals surface area contributed by atoms with Crippen LogP contribution in [0.1, 0.15) is 33.7 Å². The number of ketones is 1. The van der Waals surface area contributed by atoms with E-state index in [0.29, 0.717) is 5.56 Å². The van der Waals surface area contributed by atoms with Crippen molar-refractivity contribution < 1.29 is 19.1 Å². The summed E-state index contributed by atoms with van der Waals surface area (Å²) in [5.74, 6) is -1.40. The van der Waals surface area contributed by atoms with Crippen molar-refractivity contribution in [1.82, 2.24) is 4.57 Å². The summed E-state index contributed by atoms with van der Waals surface area (Å²) in [6.07, 6.45) is 0.102. The van der Waals surface area contributed by atoms with Gasteiger partial charge < -0.3 is 14.2 Å². The van der Waals surface area contributed by atoms with Crippen LogP contribution in [0.3, 0.4) is 0 Å². The number of esters is 1. The van der Waals surface area contributed by atoms with E-state index in [2.05, 4.69) is 0 Å². The summed E-state index contributed by atoms with van der Waals surface area (Å²) in [6, 6.07) is 9.38. The number of Topliss-reactive ketones (excluding diaryl/α,β-unsaturated/α-hetero) is 1. The molecule has 0 radical (unpaired) electrons. The van der Waals surface area contributed by atoms with E-state index in [0.717, 1.165) is 22.6 Å². The van der Waals surface area contributed by atoms with Crippen LogP contribution in [0.2, 0.25) is 0 Å². The number of nitrogens with zero attached hydrogens (tertiary/aromatic N) is 2. The minimum absolute atomic E-state index is 0.102. The summed E-state index contributed by atoms with van der Waals surface area (Å²) < 4.78 is 7.14. The van der Waals surface area contributed by atoms with Crippen LogP contribution in [-0.4, -0.2) is 35.4 Å². The Kier molecular flexibility index (Phi) is 5.17. The van der Waals surface area contributed by atoms with E-state index in [1.54, 1.807) is 11.0 Å². The van der Waals surface area contributed by atoms with Gasteiger partial charge in [0, 0.05) is 42.7 Å². The number of amides is 1. The molecule has 1 saturated heterocycles. The summed E-state index contributed by atoms with van der Waals surface area (Å²) in [6.45, 7) is 5.72. The van der Waals surface area contributed by atoms with Gasteiger partial charge in [0.25, 0.3) is 0 Å². The van der Waals surface area contributed by atoms with Crippen LogP contribution in [0, 0.1) is 26.7 Å². The molecule has 1 amide bonds. The maximum Gasteiger partial charge on any atom is 0.311 e.